The first-order valence-corrected chi connectivity index (χ1v) is 10.8. The van der Waals surface area contributed by atoms with Crippen molar-refractivity contribution in [1.82, 2.24) is 15.1 Å². The van der Waals surface area contributed by atoms with Crippen molar-refractivity contribution in [3.63, 3.8) is 0 Å². The molecule has 0 atom stereocenters. The number of aryl methyl sites for hydroxylation is 1. The Morgan fingerprint density at radius 2 is 2.00 bits per heavy atom. The van der Waals surface area contributed by atoms with Crippen molar-refractivity contribution in [3.05, 3.63) is 53.9 Å². The fourth-order valence-corrected chi connectivity index (χ4v) is 3.87. The van der Waals surface area contributed by atoms with Gasteiger partial charge in [0.25, 0.3) is 5.89 Å². The smallest absolute Gasteiger partial charge is 0.259 e. The van der Waals surface area contributed by atoms with Crippen LogP contribution in [0.5, 0.6) is 0 Å². The van der Waals surface area contributed by atoms with Crippen LogP contribution in [0.25, 0.3) is 22.8 Å². The second kappa shape index (κ2) is 7.98. The van der Waals surface area contributed by atoms with Crippen molar-refractivity contribution in [2.24, 2.45) is 5.14 Å². The molecule has 10 heteroatoms. The van der Waals surface area contributed by atoms with Gasteiger partial charge in [-0.25, -0.2) is 18.5 Å². The summed E-state index contributed by atoms with van der Waals surface area (Å²) in [4.78, 5) is 11.2. The fourth-order valence-electron chi connectivity index (χ4n) is 3.36. The summed E-state index contributed by atoms with van der Waals surface area (Å²) in [5, 5.41) is 9.11. The topological polar surface area (TPSA) is 124 Å². The highest BCUT2D eigenvalue weighted by Gasteiger charge is 2.21. The van der Waals surface area contributed by atoms with Gasteiger partial charge in [0.15, 0.2) is 0 Å². The maximum Gasteiger partial charge on any atom is 0.259 e. The second-order valence-corrected chi connectivity index (χ2v) is 8.49. The van der Waals surface area contributed by atoms with Gasteiger partial charge >= 0.3 is 0 Å². The molecule has 2 N–H and O–H groups in total. The highest BCUT2D eigenvalue weighted by atomic mass is 32.2. The maximum absolute atomic E-state index is 11.4. The molecule has 1 aliphatic rings. The average molecular weight is 427 g/mol. The number of rotatable bonds is 6. The van der Waals surface area contributed by atoms with Crippen molar-refractivity contribution >= 4 is 15.8 Å². The third-order valence-corrected chi connectivity index (χ3v) is 5.72. The van der Waals surface area contributed by atoms with Gasteiger partial charge in [0.1, 0.15) is 5.82 Å². The molecule has 2 aromatic heterocycles. The highest BCUT2D eigenvalue weighted by molar-refractivity contribution is 7.89. The quantitative estimate of drug-likeness (QED) is 0.636. The zero-order valence-corrected chi connectivity index (χ0v) is 17.4. The molecule has 1 aromatic carbocycles. The average Bonchev–Trinajstić information content (AvgIpc) is 3.38. The van der Waals surface area contributed by atoms with Crippen LogP contribution in [0.1, 0.15) is 12.0 Å². The summed E-state index contributed by atoms with van der Waals surface area (Å²) in [6, 6.07) is 7.92. The second-order valence-electron chi connectivity index (χ2n) is 6.93. The van der Waals surface area contributed by atoms with Crippen LogP contribution in [0.2, 0.25) is 0 Å². The van der Waals surface area contributed by atoms with E-state index in [9.17, 15) is 8.42 Å². The van der Waals surface area contributed by atoms with Crippen LogP contribution in [-0.4, -0.2) is 43.8 Å². The molecule has 0 saturated heterocycles. The summed E-state index contributed by atoms with van der Waals surface area (Å²) in [7, 11) is -2.07. The summed E-state index contributed by atoms with van der Waals surface area (Å²) in [6.45, 7) is 3.39. The Kier molecular flexibility index (Phi) is 5.37. The molecular weight excluding hydrogens is 406 g/mol. The van der Waals surface area contributed by atoms with Crippen LogP contribution in [0.3, 0.4) is 0 Å². The van der Waals surface area contributed by atoms with E-state index in [1.54, 1.807) is 25.4 Å². The number of methoxy groups -OCH3 is 1. The Balaban J connectivity index is 1.58. The van der Waals surface area contributed by atoms with Gasteiger partial charge in [0.05, 0.1) is 17.1 Å². The van der Waals surface area contributed by atoms with Gasteiger partial charge in [-0.15, -0.1) is 0 Å². The van der Waals surface area contributed by atoms with E-state index < -0.39 is 10.0 Å². The zero-order valence-electron chi connectivity index (χ0n) is 16.6. The largest absolute Gasteiger partial charge is 0.378 e. The number of anilines is 1. The van der Waals surface area contributed by atoms with Crippen molar-refractivity contribution in [2.45, 2.75) is 18.2 Å². The fraction of sp³-hybridized carbons (Fsp3) is 0.250. The van der Waals surface area contributed by atoms with Gasteiger partial charge in [0, 0.05) is 31.1 Å². The molecule has 9 nitrogen and oxygen atoms in total. The van der Waals surface area contributed by atoms with Crippen molar-refractivity contribution < 1.29 is 17.7 Å². The van der Waals surface area contributed by atoms with E-state index in [1.807, 2.05) is 13.0 Å². The van der Waals surface area contributed by atoms with Gasteiger partial charge in [0.2, 0.25) is 15.8 Å². The van der Waals surface area contributed by atoms with E-state index in [1.165, 1.54) is 12.1 Å². The number of primary sulfonamides is 1. The zero-order chi connectivity index (χ0) is 21.3. The molecule has 4 rings (SSSR count). The monoisotopic (exact) mass is 427 g/mol. The molecule has 156 valence electrons. The first-order chi connectivity index (χ1) is 14.4. The number of hydrogen-bond donors (Lipinski definition) is 1. The molecule has 0 unspecified atom stereocenters. The first-order valence-electron chi connectivity index (χ1n) is 9.26. The Hall–Kier alpha value is -3.08. The molecule has 1 aliphatic heterocycles. The predicted molar refractivity (Wildman–Crippen MR) is 111 cm³/mol. The third-order valence-electron chi connectivity index (χ3n) is 4.79. The molecule has 0 amide bonds. The lowest BCUT2D eigenvalue weighted by Gasteiger charge is -2.22. The molecule has 0 aliphatic carbocycles. The molecular formula is C20H21N5O4S. The lowest BCUT2D eigenvalue weighted by Crippen LogP contribution is -2.23. The lowest BCUT2D eigenvalue weighted by atomic mass is 10.2. The number of aromatic nitrogens is 3. The van der Waals surface area contributed by atoms with Gasteiger partial charge in [-0.1, -0.05) is 11.2 Å². The van der Waals surface area contributed by atoms with Gasteiger partial charge in [-0.2, -0.15) is 4.98 Å². The number of sulfonamides is 1. The summed E-state index contributed by atoms with van der Waals surface area (Å²) in [5.74, 6) is 1.55. The van der Waals surface area contributed by atoms with Crippen LogP contribution in [0.4, 0.5) is 5.82 Å². The minimum absolute atomic E-state index is 0.0224. The molecule has 30 heavy (non-hydrogen) atoms. The Bertz CT molecular complexity index is 1200. The van der Waals surface area contributed by atoms with Gasteiger partial charge in [-0.05, 0) is 49.2 Å². The number of hydrogen-bond acceptors (Lipinski definition) is 8. The van der Waals surface area contributed by atoms with E-state index in [0.29, 0.717) is 29.4 Å². The van der Waals surface area contributed by atoms with Crippen molar-refractivity contribution in [1.29, 1.82) is 0 Å². The number of nitrogens with zero attached hydrogens (tertiary/aromatic N) is 4. The standard InChI is InChI=1S/C20H21N5O4S/c1-13-10-15(11-22-19(13)25-9-3-4-16(25)12-28-2)20-23-18(24-29-20)14-5-7-17(8-6-14)30(21,26)27/h4-8,10-11H,3,9,12H2,1-2H3,(H2,21,26,27). The molecule has 0 saturated carbocycles. The van der Waals surface area contributed by atoms with Crippen LogP contribution in [0.15, 0.2) is 57.7 Å². The molecule has 3 aromatic rings. The minimum atomic E-state index is -3.75. The SMILES string of the molecule is COCC1=CCCN1c1ncc(-c2nc(-c3ccc(S(N)(=O)=O)cc3)no2)cc1C. The summed E-state index contributed by atoms with van der Waals surface area (Å²) < 4.78 is 33.4. The predicted octanol–water partition coefficient (Wildman–Crippen LogP) is 2.49. The molecule has 3 heterocycles. The van der Waals surface area contributed by atoms with E-state index in [-0.39, 0.29) is 4.90 Å². The van der Waals surface area contributed by atoms with E-state index in [0.717, 1.165) is 30.0 Å². The summed E-state index contributed by atoms with van der Waals surface area (Å²) in [5.41, 5.74) is 3.40. The number of ether oxygens (including phenoxy) is 1. The lowest BCUT2D eigenvalue weighted by molar-refractivity contribution is 0.224. The normalized spacial score (nSPS) is 14.2. The third kappa shape index (κ3) is 3.97. The summed E-state index contributed by atoms with van der Waals surface area (Å²) >= 11 is 0. The Morgan fingerprint density at radius 3 is 2.67 bits per heavy atom. The molecule has 0 fully saturated rings. The van der Waals surface area contributed by atoms with Crippen LogP contribution in [-0.2, 0) is 14.8 Å². The van der Waals surface area contributed by atoms with Crippen molar-refractivity contribution in [3.8, 4) is 22.8 Å². The van der Waals surface area contributed by atoms with Crippen LogP contribution >= 0.6 is 0 Å². The Morgan fingerprint density at radius 1 is 1.23 bits per heavy atom. The van der Waals surface area contributed by atoms with E-state index in [4.69, 9.17) is 14.4 Å². The molecule has 0 radical (unpaired) electrons. The molecule has 0 bridgehead atoms. The number of nitrogens with two attached hydrogens (primary N) is 1. The van der Waals surface area contributed by atoms with Gasteiger partial charge < -0.3 is 14.2 Å². The minimum Gasteiger partial charge on any atom is -0.378 e. The Labute approximate surface area is 174 Å². The number of pyridine rings is 1. The van der Waals surface area contributed by atoms with Crippen molar-refractivity contribution in [2.75, 3.05) is 25.2 Å². The summed E-state index contributed by atoms with van der Waals surface area (Å²) in [6.07, 6.45) is 4.81. The van der Waals surface area contributed by atoms with Gasteiger partial charge in [-0.3, -0.25) is 0 Å². The van der Waals surface area contributed by atoms with Crippen LogP contribution < -0.4 is 10.0 Å². The van der Waals surface area contributed by atoms with Crippen LogP contribution in [0, 0.1) is 6.92 Å². The van der Waals surface area contributed by atoms with E-state index >= 15 is 0 Å². The first kappa shape index (κ1) is 20.2. The highest BCUT2D eigenvalue weighted by Crippen LogP contribution is 2.29. The van der Waals surface area contributed by atoms with E-state index in [2.05, 4.69) is 26.1 Å². The maximum atomic E-state index is 11.4. The number of benzene rings is 1. The molecule has 0 spiro atoms.